The number of aromatic nitrogens is 4. The summed E-state index contributed by atoms with van der Waals surface area (Å²) in [5.41, 5.74) is 0.847. The highest BCUT2D eigenvalue weighted by atomic mass is 16.4. The average Bonchev–Trinajstić information content (AvgIpc) is 2.91. The molecular formula is C13H15N5O3. The monoisotopic (exact) mass is 289 g/mol. The summed E-state index contributed by atoms with van der Waals surface area (Å²) >= 11 is 0. The lowest BCUT2D eigenvalue weighted by Crippen LogP contribution is -2.20. The standard InChI is InChI=1S/C13H15N5O3/c1-3-8-7-9(18(4-2)17-8)12(19)16-11-10(13(20)21)14-5-6-15-11/h5-7H,3-4H2,1-2H3,(H,20,21)(H,15,16,19). The Morgan fingerprint density at radius 2 is 2.00 bits per heavy atom. The molecule has 0 spiro atoms. The van der Waals surface area contributed by atoms with Crippen LogP contribution in [-0.2, 0) is 13.0 Å². The second-order valence-electron chi connectivity index (χ2n) is 4.20. The molecule has 2 N–H and O–H groups in total. The Labute approximate surface area is 120 Å². The van der Waals surface area contributed by atoms with Crippen LogP contribution in [0.4, 0.5) is 5.82 Å². The molecule has 0 bridgehead atoms. The van der Waals surface area contributed by atoms with Crippen molar-refractivity contribution < 1.29 is 14.7 Å². The number of hydrogen-bond acceptors (Lipinski definition) is 5. The van der Waals surface area contributed by atoms with Gasteiger partial charge in [-0.05, 0) is 19.4 Å². The van der Waals surface area contributed by atoms with Gasteiger partial charge in [-0.2, -0.15) is 5.10 Å². The number of amides is 1. The first-order chi connectivity index (χ1) is 10.1. The van der Waals surface area contributed by atoms with Gasteiger partial charge in [-0.25, -0.2) is 14.8 Å². The van der Waals surface area contributed by atoms with Crippen LogP contribution in [0.15, 0.2) is 18.5 Å². The van der Waals surface area contributed by atoms with Crippen molar-refractivity contribution in [1.29, 1.82) is 0 Å². The Bertz CT molecular complexity index is 680. The highest BCUT2D eigenvalue weighted by molar-refractivity contribution is 6.05. The van der Waals surface area contributed by atoms with E-state index in [9.17, 15) is 9.59 Å². The molecule has 0 aliphatic heterocycles. The second-order valence-corrected chi connectivity index (χ2v) is 4.20. The van der Waals surface area contributed by atoms with Crippen molar-refractivity contribution in [2.75, 3.05) is 5.32 Å². The molecule has 2 aromatic rings. The number of carbonyl (C=O) groups excluding carboxylic acids is 1. The maximum absolute atomic E-state index is 12.3. The molecule has 110 valence electrons. The van der Waals surface area contributed by atoms with E-state index in [1.54, 1.807) is 10.7 Å². The minimum atomic E-state index is -1.25. The molecule has 8 heteroatoms. The predicted molar refractivity (Wildman–Crippen MR) is 74.2 cm³/mol. The Hall–Kier alpha value is -2.77. The van der Waals surface area contributed by atoms with Crippen LogP contribution >= 0.6 is 0 Å². The Morgan fingerprint density at radius 1 is 1.29 bits per heavy atom. The van der Waals surface area contributed by atoms with E-state index in [1.165, 1.54) is 12.4 Å². The highest BCUT2D eigenvalue weighted by Crippen LogP contribution is 2.12. The summed E-state index contributed by atoms with van der Waals surface area (Å²) in [6, 6.07) is 1.68. The summed E-state index contributed by atoms with van der Waals surface area (Å²) in [4.78, 5) is 30.8. The zero-order valence-corrected chi connectivity index (χ0v) is 11.7. The van der Waals surface area contributed by atoms with Gasteiger partial charge in [0.25, 0.3) is 5.91 Å². The number of aryl methyl sites for hydroxylation is 2. The van der Waals surface area contributed by atoms with Crippen molar-refractivity contribution in [3.63, 3.8) is 0 Å². The number of nitrogens with zero attached hydrogens (tertiary/aromatic N) is 4. The summed E-state index contributed by atoms with van der Waals surface area (Å²) in [7, 11) is 0. The molecule has 1 amide bonds. The fourth-order valence-corrected chi connectivity index (χ4v) is 1.82. The van der Waals surface area contributed by atoms with E-state index in [4.69, 9.17) is 5.11 Å². The molecule has 2 aromatic heterocycles. The van der Waals surface area contributed by atoms with Gasteiger partial charge in [-0.1, -0.05) is 6.92 Å². The van der Waals surface area contributed by atoms with Crippen LogP contribution in [0.3, 0.4) is 0 Å². The maximum Gasteiger partial charge on any atom is 0.358 e. The quantitative estimate of drug-likeness (QED) is 0.856. The molecular weight excluding hydrogens is 274 g/mol. The summed E-state index contributed by atoms with van der Waals surface area (Å²) in [6.45, 7) is 4.35. The van der Waals surface area contributed by atoms with Crippen LogP contribution in [-0.4, -0.2) is 36.7 Å². The first-order valence-corrected chi connectivity index (χ1v) is 6.49. The van der Waals surface area contributed by atoms with E-state index in [0.29, 0.717) is 18.7 Å². The van der Waals surface area contributed by atoms with Gasteiger partial charge in [-0.15, -0.1) is 0 Å². The van der Waals surface area contributed by atoms with Crippen LogP contribution in [0.25, 0.3) is 0 Å². The van der Waals surface area contributed by atoms with Crippen LogP contribution in [0.2, 0.25) is 0 Å². The Kier molecular flexibility index (Phi) is 4.27. The number of carboxylic acid groups (broad SMARTS) is 1. The lowest BCUT2D eigenvalue weighted by Gasteiger charge is -2.07. The molecule has 0 aromatic carbocycles. The molecule has 0 saturated heterocycles. The number of aromatic carboxylic acids is 1. The number of carbonyl (C=O) groups is 2. The Balaban J connectivity index is 2.30. The molecule has 0 atom stereocenters. The molecule has 0 radical (unpaired) electrons. The molecule has 21 heavy (non-hydrogen) atoms. The number of nitrogens with one attached hydrogen (secondary N) is 1. The third-order valence-corrected chi connectivity index (χ3v) is 2.86. The van der Waals surface area contributed by atoms with Gasteiger partial charge in [0, 0.05) is 18.9 Å². The zero-order chi connectivity index (χ0) is 15.4. The van der Waals surface area contributed by atoms with Crippen LogP contribution in [0, 0.1) is 0 Å². The Morgan fingerprint density at radius 3 is 2.62 bits per heavy atom. The molecule has 8 nitrogen and oxygen atoms in total. The number of carboxylic acids is 1. The largest absolute Gasteiger partial charge is 0.476 e. The molecule has 0 aliphatic rings. The van der Waals surface area contributed by atoms with Crippen LogP contribution in [0.1, 0.15) is 40.5 Å². The highest BCUT2D eigenvalue weighted by Gasteiger charge is 2.19. The first kappa shape index (κ1) is 14.6. The smallest absolute Gasteiger partial charge is 0.358 e. The summed E-state index contributed by atoms with van der Waals surface area (Å²) < 4.78 is 1.56. The predicted octanol–water partition coefficient (Wildman–Crippen LogP) is 1.21. The molecule has 0 aliphatic carbocycles. The van der Waals surface area contributed by atoms with Gasteiger partial charge in [0.15, 0.2) is 11.5 Å². The fourth-order valence-electron chi connectivity index (χ4n) is 1.82. The third kappa shape index (κ3) is 3.04. The van der Waals surface area contributed by atoms with Crippen LogP contribution in [0.5, 0.6) is 0 Å². The van der Waals surface area contributed by atoms with Crippen molar-refractivity contribution >= 4 is 17.7 Å². The van der Waals surface area contributed by atoms with Gasteiger partial charge in [0.2, 0.25) is 0 Å². The third-order valence-electron chi connectivity index (χ3n) is 2.86. The normalized spacial score (nSPS) is 10.4. The topological polar surface area (TPSA) is 110 Å². The fraction of sp³-hybridized carbons (Fsp3) is 0.308. The van der Waals surface area contributed by atoms with E-state index in [1.807, 2.05) is 13.8 Å². The number of anilines is 1. The number of hydrogen-bond donors (Lipinski definition) is 2. The van der Waals surface area contributed by atoms with Crippen molar-refractivity contribution in [3.05, 3.63) is 35.5 Å². The van der Waals surface area contributed by atoms with Crippen molar-refractivity contribution in [2.45, 2.75) is 26.8 Å². The van der Waals surface area contributed by atoms with E-state index >= 15 is 0 Å². The van der Waals surface area contributed by atoms with Gasteiger partial charge >= 0.3 is 5.97 Å². The van der Waals surface area contributed by atoms with E-state index in [0.717, 1.165) is 5.69 Å². The summed E-state index contributed by atoms with van der Waals surface area (Å²) in [5, 5.41) is 15.8. The van der Waals surface area contributed by atoms with E-state index in [2.05, 4.69) is 20.4 Å². The SMILES string of the molecule is CCc1cc(C(=O)Nc2nccnc2C(=O)O)n(CC)n1. The molecule has 0 fully saturated rings. The van der Waals surface area contributed by atoms with Gasteiger partial charge < -0.3 is 10.4 Å². The van der Waals surface area contributed by atoms with Crippen molar-refractivity contribution in [2.24, 2.45) is 0 Å². The van der Waals surface area contributed by atoms with E-state index < -0.39 is 11.9 Å². The van der Waals surface area contributed by atoms with Gasteiger partial charge in [0.05, 0.1) is 5.69 Å². The maximum atomic E-state index is 12.3. The molecule has 0 saturated carbocycles. The molecule has 2 rings (SSSR count). The molecule has 0 unspecified atom stereocenters. The number of rotatable bonds is 5. The first-order valence-electron chi connectivity index (χ1n) is 6.49. The minimum Gasteiger partial charge on any atom is -0.476 e. The average molecular weight is 289 g/mol. The van der Waals surface area contributed by atoms with Crippen molar-refractivity contribution in [1.82, 2.24) is 19.7 Å². The lowest BCUT2D eigenvalue weighted by atomic mass is 10.3. The summed E-state index contributed by atoms with van der Waals surface area (Å²) in [5.74, 6) is -1.81. The minimum absolute atomic E-state index is 0.0862. The van der Waals surface area contributed by atoms with Gasteiger partial charge in [0.1, 0.15) is 5.69 Å². The van der Waals surface area contributed by atoms with Crippen molar-refractivity contribution in [3.8, 4) is 0 Å². The lowest BCUT2D eigenvalue weighted by molar-refractivity contribution is 0.0691. The second kappa shape index (κ2) is 6.12. The zero-order valence-electron chi connectivity index (χ0n) is 11.7. The van der Waals surface area contributed by atoms with Gasteiger partial charge in [-0.3, -0.25) is 9.48 Å². The van der Waals surface area contributed by atoms with E-state index in [-0.39, 0.29) is 11.5 Å². The molecule has 2 heterocycles. The summed E-state index contributed by atoms with van der Waals surface area (Å²) in [6.07, 6.45) is 3.28. The van der Waals surface area contributed by atoms with Crippen LogP contribution < -0.4 is 5.32 Å².